The molecule has 0 fully saturated rings. The van der Waals surface area contributed by atoms with E-state index in [-0.39, 0.29) is 5.41 Å². The molecule has 0 aromatic heterocycles. The Kier molecular flexibility index (Phi) is 1.62. The van der Waals surface area contributed by atoms with Gasteiger partial charge in [-0.2, -0.15) is 5.26 Å². The molecule has 12 heavy (non-hydrogen) atoms. The van der Waals surface area contributed by atoms with Gasteiger partial charge >= 0.3 is 0 Å². The quantitative estimate of drug-likeness (QED) is 0.537. The summed E-state index contributed by atoms with van der Waals surface area (Å²) in [6.45, 7) is 0. The molecule has 1 heteroatoms. The summed E-state index contributed by atoms with van der Waals surface area (Å²) in [6, 6.07) is 2.41. The molecule has 0 aromatic rings. The molecule has 1 atom stereocenters. The Balaban J connectivity index is 2.32. The molecule has 2 rings (SSSR count). The van der Waals surface area contributed by atoms with E-state index >= 15 is 0 Å². The third-order valence-electron chi connectivity index (χ3n) is 2.64. The summed E-state index contributed by atoms with van der Waals surface area (Å²) in [5.41, 5.74) is 1.03. The molecule has 0 N–H and O–H groups in total. The molecule has 1 unspecified atom stereocenters. The average molecular weight is 157 g/mol. The van der Waals surface area contributed by atoms with Gasteiger partial charge in [-0.05, 0) is 24.8 Å². The van der Waals surface area contributed by atoms with Crippen LogP contribution < -0.4 is 0 Å². The summed E-state index contributed by atoms with van der Waals surface area (Å²) in [7, 11) is 0. The number of nitriles is 1. The highest BCUT2D eigenvalue weighted by Crippen LogP contribution is 2.41. The Bertz CT molecular complexity index is 314. The predicted molar refractivity (Wildman–Crippen MR) is 48.3 cm³/mol. The molecule has 2 aliphatic rings. The summed E-state index contributed by atoms with van der Waals surface area (Å²) in [5.74, 6) is 0. The van der Waals surface area contributed by atoms with Gasteiger partial charge < -0.3 is 0 Å². The van der Waals surface area contributed by atoms with Gasteiger partial charge in [0.05, 0.1) is 11.5 Å². The van der Waals surface area contributed by atoms with E-state index in [1.54, 1.807) is 0 Å². The largest absolute Gasteiger partial charge is 0.197 e. The van der Waals surface area contributed by atoms with E-state index < -0.39 is 0 Å². The molecule has 2 aliphatic carbocycles. The highest BCUT2D eigenvalue weighted by molar-refractivity contribution is 5.39. The highest BCUT2D eigenvalue weighted by Gasteiger charge is 2.33. The van der Waals surface area contributed by atoms with Crippen molar-refractivity contribution in [3.05, 3.63) is 36.0 Å². The molecule has 0 amide bonds. The van der Waals surface area contributed by atoms with Gasteiger partial charge in [-0.1, -0.05) is 30.4 Å². The third-order valence-corrected chi connectivity index (χ3v) is 2.64. The van der Waals surface area contributed by atoms with Crippen LogP contribution in [0.2, 0.25) is 0 Å². The fraction of sp³-hybridized carbons (Fsp3) is 0.364. The lowest BCUT2D eigenvalue weighted by molar-refractivity contribution is 0.548. The Morgan fingerprint density at radius 1 is 1.42 bits per heavy atom. The smallest absolute Gasteiger partial charge is 0.1000 e. The second kappa shape index (κ2) is 2.64. The molecule has 0 saturated heterocycles. The van der Waals surface area contributed by atoms with Crippen LogP contribution in [-0.2, 0) is 0 Å². The number of hydrogen-bond donors (Lipinski definition) is 0. The molecule has 60 valence electrons. The minimum Gasteiger partial charge on any atom is -0.197 e. The first-order chi connectivity index (χ1) is 5.87. The zero-order valence-electron chi connectivity index (χ0n) is 6.96. The van der Waals surface area contributed by atoms with Crippen LogP contribution in [0.4, 0.5) is 0 Å². The normalized spacial score (nSPS) is 32.1. The van der Waals surface area contributed by atoms with Crippen LogP contribution in [-0.4, -0.2) is 0 Å². The van der Waals surface area contributed by atoms with E-state index in [9.17, 15) is 0 Å². The van der Waals surface area contributed by atoms with Gasteiger partial charge in [-0.3, -0.25) is 0 Å². The maximum atomic E-state index is 9.10. The average Bonchev–Trinajstić information content (AvgIpc) is 2.03. The summed E-state index contributed by atoms with van der Waals surface area (Å²) in [4.78, 5) is 0. The SMILES string of the molecule is N#CC1(C2=CCC2)C=CC=CC1. The molecule has 0 saturated carbocycles. The maximum absolute atomic E-state index is 9.10. The zero-order valence-corrected chi connectivity index (χ0v) is 6.96. The predicted octanol–water partition coefficient (Wildman–Crippen LogP) is 2.73. The van der Waals surface area contributed by atoms with Crippen molar-refractivity contribution >= 4 is 0 Å². The fourth-order valence-corrected chi connectivity index (χ4v) is 1.71. The molecule has 0 spiro atoms. The molecule has 0 heterocycles. The molecule has 0 aliphatic heterocycles. The van der Waals surface area contributed by atoms with Crippen LogP contribution in [0.3, 0.4) is 0 Å². The third kappa shape index (κ3) is 0.921. The van der Waals surface area contributed by atoms with Crippen LogP contribution in [0.5, 0.6) is 0 Å². The van der Waals surface area contributed by atoms with Crippen molar-refractivity contribution in [1.82, 2.24) is 0 Å². The van der Waals surface area contributed by atoms with E-state index in [1.807, 2.05) is 18.2 Å². The maximum Gasteiger partial charge on any atom is 0.1000 e. The minimum absolute atomic E-state index is 0.285. The van der Waals surface area contributed by atoms with Crippen molar-refractivity contribution in [1.29, 1.82) is 5.26 Å². The van der Waals surface area contributed by atoms with Crippen molar-refractivity contribution in [2.75, 3.05) is 0 Å². The Hall–Kier alpha value is -1.29. The topological polar surface area (TPSA) is 23.8 Å². The van der Waals surface area contributed by atoms with Gasteiger partial charge in [0.15, 0.2) is 0 Å². The fourth-order valence-electron chi connectivity index (χ4n) is 1.71. The summed E-state index contributed by atoms with van der Waals surface area (Å²) in [5, 5.41) is 9.10. The van der Waals surface area contributed by atoms with E-state index in [0.717, 1.165) is 19.3 Å². The summed E-state index contributed by atoms with van der Waals surface area (Å²) in [6.07, 6.45) is 13.4. The van der Waals surface area contributed by atoms with E-state index in [1.165, 1.54) is 5.57 Å². The van der Waals surface area contributed by atoms with Gasteiger partial charge in [0.25, 0.3) is 0 Å². The van der Waals surface area contributed by atoms with Gasteiger partial charge in [-0.25, -0.2) is 0 Å². The molecular formula is C11H11N. The van der Waals surface area contributed by atoms with Gasteiger partial charge in [-0.15, -0.1) is 0 Å². The zero-order chi connectivity index (χ0) is 8.44. The van der Waals surface area contributed by atoms with Crippen LogP contribution in [0, 0.1) is 16.7 Å². The van der Waals surface area contributed by atoms with Crippen molar-refractivity contribution in [3.63, 3.8) is 0 Å². The number of rotatable bonds is 1. The Morgan fingerprint density at radius 3 is 2.67 bits per heavy atom. The van der Waals surface area contributed by atoms with Crippen LogP contribution in [0.1, 0.15) is 19.3 Å². The van der Waals surface area contributed by atoms with Crippen LogP contribution in [0.15, 0.2) is 36.0 Å². The first kappa shape index (κ1) is 7.36. The van der Waals surface area contributed by atoms with Crippen molar-refractivity contribution < 1.29 is 0 Å². The lowest BCUT2D eigenvalue weighted by atomic mass is 9.71. The molecular weight excluding hydrogens is 146 g/mol. The van der Waals surface area contributed by atoms with E-state index in [2.05, 4.69) is 18.2 Å². The molecule has 0 radical (unpaired) electrons. The van der Waals surface area contributed by atoms with Crippen LogP contribution in [0.25, 0.3) is 0 Å². The Morgan fingerprint density at radius 2 is 2.25 bits per heavy atom. The Labute approximate surface area is 72.7 Å². The lowest BCUT2D eigenvalue weighted by Gasteiger charge is -2.30. The first-order valence-electron chi connectivity index (χ1n) is 4.32. The minimum atomic E-state index is -0.285. The second-order valence-electron chi connectivity index (χ2n) is 3.34. The standard InChI is InChI=1S/C11H11N/c12-9-11(10-5-4-6-10)7-2-1-3-8-11/h1-3,5,7H,4,6,8H2. The summed E-state index contributed by atoms with van der Waals surface area (Å²) >= 11 is 0. The molecule has 0 aromatic carbocycles. The molecule has 1 nitrogen and oxygen atoms in total. The highest BCUT2D eigenvalue weighted by atomic mass is 14.4. The number of hydrogen-bond acceptors (Lipinski definition) is 1. The van der Waals surface area contributed by atoms with Crippen molar-refractivity contribution in [2.45, 2.75) is 19.3 Å². The first-order valence-corrected chi connectivity index (χ1v) is 4.32. The van der Waals surface area contributed by atoms with E-state index in [0.29, 0.717) is 0 Å². The monoisotopic (exact) mass is 157 g/mol. The van der Waals surface area contributed by atoms with Crippen LogP contribution >= 0.6 is 0 Å². The van der Waals surface area contributed by atoms with Crippen molar-refractivity contribution in [3.8, 4) is 6.07 Å². The number of nitrogens with zero attached hydrogens (tertiary/aromatic N) is 1. The van der Waals surface area contributed by atoms with Gasteiger partial charge in [0.1, 0.15) is 0 Å². The van der Waals surface area contributed by atoms with Gasteiger partial charge in [0, 0.05) is 0 Å². The number of allylic oxidation sites excluding steroid dienone is 6. The van der Waals surface area contributed by atoms with Gasteiger partial charge in [0.2, 0.25) is 0 Å². The second-order valence-corrected chi connectivity index (χ2v) is 3.34. The van der Waals surface area contributed by atoms with Crippen molar-refractivity contribution in [2.24, 2.45) is 5.41 Å². The van der Waals surface area contributed by atoms with E-state index in [4.69, 9.17) is 5.26 Å². The summed E-state index contributed by atoms with van der Waals surface area (Å²) < 4.78 is 0. The molecule has 0 bridgehead atoms. The lowest BCUT2D eigenvalue weighted by Crippen LogP contribution is -2.22.